The van der Waals surface area contributed by atoms with Gasteiger partial charge in [0.05, 0.1) is 13.1 Å². The van der Waals surface area contributed by atoms with E-state index >= 15 is 0 Å². The first-order chi connectivity index (χ1) is 11.6. The lowest BCUT2D eigenvalue weighted by atomic mass is 10.4. The number of aromatic nitrogens is 2. The van der Waals surface area contributed by atoms with E-state index in [1.165, 1.54) is 24.8 Å². The van der Waals surface area contributed by atoms with Crippen LogP contribution in [0.25, 0.3) is 0 Å². The number of carbonyl (C=O) groups is 3. The maximum Gasteiger partial charge on any atom is 0.336 e. The van der Waals surface area contributed by atoms with E-state index in [1.54, 1.807) is 24.3 Å². The van der Waals surface area contributed by atoms with Gasteiger partial charge in [0.25, 0.3) is 0 Å². The van der Waals surface area contributed by atoms with Gasteiger partial charge in [-0.25, -0.2) is 24.2 Å². The number of nitrogens with zero attached hydrogens (tertiary/aromatic N) is 4. The first-order valence-corrected chi connectivity index (χ1v) is 7.16. The number of nitrogens with one attached hydrogen (secondary N) is 2. The van der Waals surface area contributed by atoms with Crippen molar-refractivity contribution >= 4 is 29.5 Å². The van der Waals surface area contributed by atoms with Crippen LogP contribution in [0.3, 0.4) is 0 Å². The predicted molar refractivity (Wildman–Crippen MR) is 85.3 cm³/mol. The van der Waals surface area contributed by atoms with Crippen molar-refractivity contribution in [2.75, 3.05) is 23.7 Å². The molecule has 9 nitrogen and oxygen atoms in total. The van der Waals surface area contributed by atoms with Gasteiger partial charge in [-0.1, -0.05) is 0 Å². The van der Waals surface area contributed by atoms with Crippen LogP contribution in [0.1, 0.15) is 0 Å². The molecule has 0 spiro atoms. The summed E-state index contributed by atoms with van der Waals surface area (Å²) >= 11 is 0. The van der Waals surface area contributed by atoms with Crippen molar-refractivity contribution in [3.63, 3.8) is 0 Å². The summed E-state index contributed by atoms with van der Waals surface area (Å²) in [7, 11) is 0. The third-order valence-corrected chi connectivity index (χ3v) is 3.36. The Morgan fingerprint density at radius 1 is 0.792 bits per heavy atom. The first-order valence-electron chi connectivity index (χ1n) is 7.16. The molecule has 6 amide bonds. The molecule has 2 N–H and O–H groups in total. The smallest absolute Gasteiger partial charge is 0.307 e. The van der Waals surface area contributed by atoms with E-state index in [0.29, 0.717) is 11.4 Å². The average molecular weight is 326 g/mol. The number of pyridine rings is 2. The van der Waals surface area contributed by atoms with Gasteiger partial charge < -0.3 is 10.6 Å². The van der Waals surface area contributed by atoms with Crippen molar-refractivity contribution in [1.29, 1.82) is 0 Å². The molecule has 2 aromatic rings. The average Bonchev–Trinajstić information content (AvgIpc) is 2.98. The summed E-state index contributed by atoms with van der Waals surface area (Å²) < 4.78 is 0. The highest BCUT2D eigenvalue weighted by Gasteiger charge is 2.37. The zero-order chi connectivity index (χ0) is 16.9. The predicted octanol–water partition coefficient (Wildman–Crippen LogP) is 1.98. The molecule has 122 valence electrons. The maximum atomic E-state index is 12.3. The summed E-state index contributed by atoms with van der Waals surface area (Å²) in [5.41, 5.74) is 1.03. The van der Waals surface area contributed by atoms with Gasteiger partial charge in [-0.2, -0.15) is 0 Å². The van der Waals surface area contributed by atoms with Crippen LogP contribution in [0, 0.1) is 0 Å². The highest BCUT2D eigenvalue weighted by molar-refractivity contribution is 6.09. The van der Waals surface area contributed by atoms with Crippen LogP contribution in [-0.2, 0) is 0 Å². The maximum absolute atomic E-state index is 12.3. The molecule has 1 aliphatic rings. The van der Waals surface area contributed by atoms with Crippen molar-refractivity contribution in [2.45, 2.75) is 0 Å². The fraction of sp³-hybridized carbons (Fsp3) is 0.133. The van der Waals surface area contributed by atoms with Crippen molar-refractivity contribution in [3.8, 4) is 0 Å². The number of amides is 6. The van der Waals surface area contributed by atoms with Crippen molar-refractivity contribution in [3.05, 3.63) is 49.1 Å². The molecule has 3 rings (SSSR count). The van der Waals surface area contributed by atoms with E-state index in [0.717, 1.165) is 9.80 Å². The molecule has 0 aliphatic carbocycles. The molecule has 0 aromatic carbocycles. The minimum absolute atomic E-state index is 0.125. The first kappa shape index (κ1) is 15.4. The molecule has 0 atom stereocenters. The fourth-order valence-corrected chi connectivity index (χ4v) is 2.17. The van der Waals surface area contributed by atoms with Crippen LogP contribution >= 0.6 is 0 Å². The van der Waals surface area contributed by atoms with E-state index in [9.17, 15) is 14.4 Å². The lowest BCUT2D eigenvalue weighted by Crippen LogP contribution is -2.42. The largest absolute Gasteiger partial charge is 0.336 e. The molecule has 9 heteroatoms. The Balaban J connectivity index is 1.62. The van der Waals surface area contributed by atoms with Crippen LogP contribution < -0.4 is 10.6 Å². The Hall–Kier alpha value is -3.49. The van der Waals surface area contributed by atoms with Crippen molar-refractivity contribution in [1.82, 2.24) is 19.8 Å². The van der Waals surface area contributed by atoms with E-state index in [1.807, 2.05) is 0 Å². The zero-order valence-electron chi connectivity index (χ0n) is 12.5. The highest BCUT2D eigenvalue weighted by atomic mass is 16.2. The second-order valence-corrected chi connectivity index (χ2v) is 4.92. The molecule has 0 saturated carbocycles. The Kier molecular flexibility index (Phi) is 4.32. The zero-order valence-corrected chi connectivity index (χ0v) is 12.5. The lowest BCUT2D eigenvalue weighted by molar-refractivity contribution is 0.190. The Bertz CT molecular complexity index is 689. The lowest BCUT2D eigenvalue weighted by Gasteiger charge is -2.17. The Morgan fingerprint density at radius 2 is 1.17 bits per heavy atom. The number of imide groups is 2. The molecule has 24 heavy (non-hydrogen) atoms. The van der Waals surface area contributed by atoms with Gasteiger partial charge in [0, 0.05) is 36.2 Å². The normalized spacial score (nSPS) is 13.8. The number of anilines is 2. The molecular weight excluding hydrogens is 312 g/mol. The third kappa shape index (κ3) is 3.29. The Morgan fingerprint density at radius 3 is 1.54 bits per heavy atom. The minimum Gasteiger partial charge on any atom is -0.307 e. The topological polar surface area (TPSA) is 108 Å². The minimum atomic E-state index is -0.673. The van der Waals surface area contributed by atoms with E-state index < -0.39 is 18.1 Å². The van der Waals surface area contributed by atoms with E-state index in [2.05, 4.69) is 20.6 Å². The molecule has 1 fully saturated rings. The summed E-state index contributed by atoms with van der Waals surface area (Å²) in [6.07, 6.45) is 6.09. The molecule has 3 heterocycles. The molecule has 0 radical (unpaired) electrons. The summed E-state index contributed by atoms with van der Waals surface area (Å²) in [5.74, 6) is 0. The molecular formula is C15H14N6O3. The fourth-order valence-electron chi connectivity index (χ4n) is 2.17. The number of hydrogen-bond donors (Lipinski definition) is 2. The van der Waals surface area contributed by atoms with Crippen molar-refractivity contribution in [2.24, 2.45) is 0 Å². The molecule has 1 saturated heterocycles. The summed E-state index contributed by atoms with van der Waals surface area (Å²) in [6, 6.07) is 4.56. The van der Waals surface area contributed by atoms with Crippen LogP contribution in [0.2, 0.25) is 0 Å². The van der Waals surface area contributed by atoms with Gasteiger partial charge in [-0.15, -0.1) is 0 Å². The summed E-state index contributed by atoms with van der Waals surface area (Å²) in [4.78, 5) is 46.2. The van der Waals surface area contributed by atoms with Gasteiger partial charge in [0.1, 0.15) is 0 Å². The van der Waals surface area contributed by atoms with Crippen molar-refractivity contribution < 1.29 is 14.4 Å². The third-order valence-electron chi connectivity index (χ3n) is 3.36. The number of urea groups is 3. The van der Waals surface area contributed by atoms with Gasteiger partial charge in [-0.05, 0) is 24.3 Å². The van der Waals surface area contributed by atoms with Crippen LogP contribution in [-0.4, -0.2) is 51.0 Å². The van der Waals surface area contributed by atoms with Crippen LogP contribution in [0.4, 0.5) is 25.8 Å². The number of hydrogen-bond acceptors (Lipinski definition) is 5. The molecule has 2 aromatic heterocycles. The molecule has 1 aliphatic heterocycles. The van der Waals surface area contributed by atoms with Gasteiger partial charge in [-0.3, -0.25) is 9.97 Å². The highest BCUT2D eigenvalue weighted by Crippen LogP contribution is 2.14. The van der Waals surface area contributed by atoms with Gasteiger partial charge in [0.15, 0.2) is 0 Å². The summed E-state index contributed by atoms with van der Waals surface area (Å²) in [5, 5.41) is 5.17. The number of carbonyl (C=O) groups excluding carboxylic acids is 3. The SMILES string of the molecule is O=C(Nc1ccncc1)N1CCN(C(=O)Nc2ccncc2)C1=O. The number of rotatable bonds is 2. The monoisotopic (exact) mass is 326 g/mol. The van der Waals surface area contributed by atoms with E-state index in [4.69, 9.17) is 0 Å². The van der Waals surface area contributed by atoms with Crippen LogP contribution in [0.5, 0.6) is 0 Å². The Labute approximate surface area is 137 Å². The molecule has 0 unspecified atom stereocenters. The van der Waals surface area contributed by atoms with Gasteiger partial charge >= 0.3 is 18.1 Å². The molecule has 0 bridgehead atoms. The summed E-state index contributed by atoms with van der Waals surface area (Å²) in [6.45, 7) is 0.249. The van der Waals surface area contributed by atoms with Crippen LogP contribution in [0.15, 0.2) is 49.1 Å². The standard InChI is InChI=1S/C15H14N6O3/c22-13(18-11-1-5-16-6-2-11)20-9-10-21(15(20)24)14(23)19-12-3-7-17-8-4-12/h1-8H,9-10H2,(H,16,18,22)(H,17,19,23). The quantitative estimate of drug-likeness (QED) is 0.877. The second-order valence-electron chi connectivity index (χ2n) is 4.92. The van der Waals surface area contributed by atoms with Gasteiger partial charge in [0.2, 0.25) is 0 Å². The second kappa shape index (κ2) is 6.73. The van der Waals surface area contributed by atoms with E-state index in [-0.39, 0.29) is 13.1 Å².